The molecule has 2 rings (SSSR count). The molecule has 1 amide bonds. The minimum absolute atomic E-state index is 0.0867. The van der Waals surface area contributed by atoms with Gasteiger partial charge in [0.2, 0.25) is 0 Å². The molecule has 1 aromatic rings. The SMILES string of the molecule is C=CCOc1ccc(C(=O)N2CCNC(C)C2)cc1. The first kappa shape index (κ1) is 13.6. The van der Waals surface area contributed by atoms with Gasteiger partial charge in [0.15, 0.2) is 0 Å². The van der Waals surface area contributed by atoms with Gasteiger partial charge in [-0.2, -0.15) is 0 Å². The van der Waals surface area contributed by atoms with E-state index in [2.05, 4.69) is 18.8 Å². The molecule has 1 aromatic carbocycles. The molecule has 1 fully saturated rings. The lowest BCUT2D eigenvalue weighted by atomic mass is 10.1. The number of carbonyl (C=O) groups excluding carboxylic acids is 1. The van der Waals surface area contributed by atoms with Crippen molar-refractivity contribution < 1.29 is 9.53 Å². The Kier molecular flexibility index (Phi) is 4.58. The number of hydrogen-bond acceptors (Lipinski definition) is 3. The Morgan fingerprint density at radius 2 is 2.26 bits per heavy atom. The molecule has 0 bridgehead atoms. The van der Waals surface area contributed by atoms with E-state index < -0.39 is 0 Å². The van der Waals surface area contributed by atoms with Gasteiger partial charge in [0.1, 0.15) is 12.4 Å². The van der Waals surface area contributed by atoms with Gasteiger partial charge in [-0.3, -0.25) is 4.79 Å². The molecule has 1 heterocycles. The summed E-state index contributed by atoms with van der Waals surface area (Å²) in [6.45, 7) is 8.54. The molecule has 102 valence electrons. The number of amides is 1. The Hall–Kier alpha value is -1.81. The van der Waals surface area contributed by atoms with Gasteiger partial charge < -0.3 is 15.0 Å². The fourth-order valence-electron chi connectivity index (χ4n) is 2.15. The van der Waals surface area contributed by atoms with Gasteiger partial charge in [0.25, 0.3) is 5.91 Å². The highest BCUT2D eigenvalue weighted by molar-refractivity contribution is 5.94. The first-order chi connectivity index (χ1) is 9.20. The summed E-state index contributed by atoms with van der Waals surface area (Å²) < 4.78 is 5.40. The largest absolute Gasteiger partial charge is 0.490 e. The summed E-state index contributed by atoms with van der Waals surface area (Å²) in [5, 5.41) is 3.33. The maximum Gasteiger partial charge on any atom is 0.253 e. The molecule has 0 spiro atoms. The minimum Gasteiger partial charge on any atom is -0.490 e. The number of benzene rings is 1. The number of piperazine rings is 1. The van der Waals surface area contributed by atoms with Crippen LogP contribution in [0.3, 0.4) is 0 Å². The molecule has 1 N–H and O–H groups in total. The number of rotatable bonds is 4. The average molecular weight is 260 g/mol. The third kappa shape index (κ3) is 3.58. The first-order valence-electron chi connectivity index (χ1n) is 6.57. The highest BCUT2D eigenvalue weighted by atomic mass is 16.5. The Balaban J connectivity index is 2.00. The molecule has 1 aliphatic heterocycles. The fraction of sp³-hybridized carbons (Fsp3) is 0.400. The van der Waals surface area contributed by atoms with Crippen LogP contribution in [-0.4, -0.2) is 43.1 Å². The van der Waals surface area contributed by atoms with Crippen molar-refractivity contribution in [3.8, 4) is 5.75 Å². The number of carbonyl (C=O) groups is 1. The Morgan fingerprint density at radius 1 is 1.53 bits per heavy atom. The van der Waals surface area contributed by atoms with Crippen molar-refractivity contribution in [1.82, 2.24) is 10.2 Å². The molecule has 0 aliphatic carbocycles. The predicted octanol–water partition coefficient (Wildman–Crippen LogP) is 1.69. The van der Waals surface area contributed by atoms with Crippen LogP contribution in [0.25, 0.3) is 0 Å². The van der Waals surface area contributed by atoms with Crippen molar-refractivity contribution in [3.05, 3.63) is 42.5 Å². The van der Waals surface area contributed by atoms with Gasteiger partial charge >= 0.3 is 0 Å². The summed E-state index contributed by atoms with van der Waals surface area (Å²) in [5.41, 5.74) is 0.708. The number of nitrogens with one attached hydrogen (secondary N) is 1. The summed E-state index contributed by atoms with van der Waals surface area (Å²) in [6.07, 6.45) is 1.70. The van der Waals surface area contributed by atoms with E-state index in [1.54, 1.807) is 6.08 Å². The van der Waals surface area contributed by atoms with Crippen LogP contribution in [0.1, 0.15) is 17.3 Å². The monoisotopic (exact) mass is 260 g/mol. The van der Waals surface area contributed by atoms with E-state index in [9.17, 15) is 4.79 Å². The van der Waals surface area contributed by atoms with Crippen LogP contribution in [0, 0.1) is 0 Å². The molecule has 1 unspecified atom stereocenters. The predicted molar refractivity (Wildman–Crippen MR) is 75.5 cm³/mol. The van der Waals surface area contributed by atoms with Gasteiger partial charge in [-0.15, -0.1) is 0 Å². The second-order valence-corrected chi connectivity index (χ2v) is 4.73. The normalized spacial score (nSPS) is 19.0. The third-order valence-corrected chi connectivity index (χ3v) is 3.13. The van der Waals surface area contributed by atoms with Crippen molar-refractivity contribution in [2.75, 3.05) is 26.2 Å². The number of nitrogens with zero attached hydrogens (tertiary/aromatic N) is 1. The molecule has 0 radical (unpaired) electrons. The van der Waals surface area contributed by atoms with E-state index in [0.717, 1.165) is 25.4 Å². The summed E-state index contributed by atoms with van der Waals surface area (Å²) in [6, 6.07) is 7.62. The summed E-state index contributed by atoms with van der Waals surface area (Å²) in [4.78, 5) is 14.2. The smallest absolute Gasteiger partial charge is 0.253 e. The van der Waals surface area contributed by atoms with Crippen molar-refractivity contribution in [1.29, 1.82) is 0 Å². The zero-order valence-corrected chi connectivity index (χ0v) is 11.3. The van der Waals surface area contributed by atoms with E-state index >= 15 is 0 Å². The first-order valence-corrected chi connectivity index (χ1v) is 6.57. The number of ether oxygens (including phenoxy) is 1. The molecule has 0 saturated carbocycles. The molecule has 4 nitrogen and oxygen atoms in total. The molecule has 4 heteroatoms. The number of hydrogen-bond donors (Lipinski definition) is 1. The molecule has 1 atom stereocenters. The van der Waals surface area contributed by atoms with Crippen LogP contribution in [-0.2, 0) is 0 Å². The van der Waals surface area contributed by atoms with Crippen molar-refractivity contribution in [2.24, 2.45) is 0 Å². The van der Waals surface area contributed by atoms with Crippen LogP contribution >= 0.6 is 0 Å². The van der Waals surface area contributed by atoms with Crippen LogP contribution < -0.4 is 10.1 Å². The molecule has 19 heavy (non-hydrogen) atoms. The van der Waals surface area contributed by atoms with Crippen LogP contribution in [0.2, 0.25) is 0 Å². The minimum atomic E-state index is 0.0867. The zero-order valence-electron chi connectivity index (χ0n) is 11.3. The molecular formula is C15H20N2O2. The van der Waals surface area contributed by atoms with Crippen LogP contribution in [0.15, 0.2) is 36.9 Å². The van der Waals surface area contributed by atoms with Gasteiger partial charge in [0, 0.05) is 31.2 Å². The quantitative estimate of drug-likeness (QED) is 0.838. The Labute approximate surface area is 114 Å². The van der Waals surface area contributed by atoms with E-state index in [-0.39, 0.29) is 5.91 Å². The highest BCUT2D eigenvalue weighted by Crippen LogP contribution is 2.14. The van der Waals surface area contributed by atoms with Gasteiger partial charge in [-0.1, -0.05) is 12.7 Å². The standard InChI is InChI=1S/C15H20N2O2/c1-3-10-19-14-6-4-13(5-7-14)15(18)17-9-8-16-12(2)11-17/h3-7,12,16H,1,8-11H2,2H3. The highest BCUT2D eigenvalue weighted by Gasteiger charge is 2.21. The Morgan fingerprint density at radius 3 is 2.89 bits per heavy atom. The second-order valence-electron chi connectivity index (χ2n) is 4.73. The van der Waals surface area contributed by atoms with Crippen molar-refractivity contribution in [2.45, 2.75) is 13.0 Å². The van der Waals surface area contributed by atoms with Crippen molar-refractivity contribution in [3.63, 3.8) is 0 Å². The average Bonchev–Trinajstić information content (AvgIpc) is 2.45. The van der Waals surface area contributed by atoms with Gasteiger partial charge in [-0.25, -0.2) is 0 Å². The topological polar surface area (TPSA) is 41.6 Å². The van der Waals surface area contributed by atoms with E-state index in [1.165, 1.54) is 0 Å². The second kappa shape index (κ2) is 6.38. The lowest BCUT2D eigenvalue weighted by molar-refractivity contribution is 0.0709. The van der Waals surface area contributed by atoms with Crippen molar-refractivity contribution >= 4 is 5.91 Å². The molecule has 0 aromatic heterocycles. The lowest BCUT2D eigenvalue weighted by Crippen LogP contribution is -2.51. The zero-order chi connectivity index (χ0) is 13.7. The maximum absolute atomic E-state index is 12.3. The molecule has 1 saturated heterocycles. The fourth-order valence-corrected chi connectivity index (χ4v) is 2.15. The Bertz CT molecular complexity index is 442. The van der Waals surface area contributed by atoms with Gasteiger partial charge in [-0.05, 0) is 31.2 Å². The summed E-state index contributed by atoms with van der Waals surface area (Å²) in [7, 11) is 0. The van der Waals surface area contributed by atoms with E-state index in [1.807, 2.05) is 29.2 Å². The summed E-state index contributed by atoms with van der Waals surface area (Å²) >= 11 is 0. The van der Waals surface area contributed by atoms with Gasteiger partial charge in [0.05, 0.1) is 0 Å². The van der Waals surface area contributed by atoms with E-state index in [4.69, 9.17) is 4.74 Å². The summed E-state index contributed by atoms with van der Waals surface area (Å²) in [5.74, 6) is 0.841. The molecule has 1 aliphatic rings. The molecular weight excluding hydrogens is 240 g/mol. The third-order valence-electron chi connectivity index (χ3n) is 3.13. The van der Waals surface area contributed by atoms with Crippen LogP contribution in [0.5, 0.6) is 5.75 Å². The maximum atomic E-state index is 12.3. The van der Waals surface area contributed by atoms with Crippen LogP contribution in [0.4, 0.5) is 0 Å². The van der Waals surface area contributed by atoms with E-state index in [0.29, 0.717) is 18.2 Å². The lowest BCUT2D eigenvalue weighted by Gasteiger charge is -2.32.